The van der Waals surface area contributed by atoms with Crippen LogP contribution in [0.3, 0.4) is 0 Å². The normalized spacial score (nSPS) is 17.0. The van der Waals surface area contributed by atoms with Crippen molar-refractivity contribution in [3.63, 3.8) is 0 Å². The third-order valence-electron chi connectivity index (χ3n) is 4.23. The average Bonchev–Trinajstić information content (AvgIpc) is 3.04. The Morgan fingerprint density at radius 3 is 2.76 bits per heavy atom. The van der Waals surface area contributed by atoms with Gasteiger partial charge in [-0.15, -0.1) is 10.2 Å². The quantitative estimate of drug-likeness (QED) is 0.936. The summed E-state index contributed by atoms with van der Waals surface area (Å²) in [6.07, 6.45) is 3.77. The van der Waals surface area contributed by atoms with E-state index in [1.54, 1.807) is 0 Å². The van der Waals surface area contributed by atoms with E-state index < -0.39 is 0 Å². The summed E-state index contributed by atoms with van der Waals surface area (Å²) in [5.41, 5.74) is 3.38. The monoisotopic (exact) mass is 286 g/mol. The topological polar surface area (TPSA) is 54.2 Å². The second kappa shape index (κ2) is 6.26. The summed E-state index contributed by atoms with van der Waals surface area (Å²) in [4.78, 5) is 2.50. The van der Waals surface area contributed by atoms with Crippen molar-refractivity contribution < 1.29 is 4.42 Å². The largest absolute Gasteiger partial charge is 0.423 e. The molecule has 2 heterocycles. The summed E-state index contributed by atoms with van der Waals surface area (Å²) >= 11 is 0. The fraction of sp³-hybridized carbons (Fsp3) is 0.500. The summed E-state index contributed by atoms with van der Waals surface area (Å²) in [6.45, 7) is 7.88. The second-order valence-corrected chi connectivity index (χ2v) is 5.63. The van der Waals surface area contributed by atoms with Gasteiger partial charge in [-0.3, -0.25) is 0 Å². The average molecular weight is 286 g/mol. The van der Waals surface area contributed by atoms with E-state index in [9.17, 15) is 0 Å². The first-order chi connectivity index (χ1) is 10.3. The molecule has 5 heteroatoms. The van der Waals surface area contributed by atoms with Crippen molar-refractivity contribution in [1.29, 1.82) is 0 Å². The molecule has 1 saturated heterocycles. The van der Waals surface area contributed by atoms with Gasteiger partial charge < -0.3 is 14.6 Å². The SMILES string of the molecule is CCN1CCC(Nc2ccc(-c3nnco3)cc2C)CC1. The van der Waals surface area contributed by atoms with Crippen LogP contribution >= 0.6 is 0 Å². The molecule has 21 heavy (non-hydrogen) atoms. The van der Waals surface area contributed by atoms with Gasteiger partial charge in [0.1, 0.15) is 0 Å². The van der Waals surface area contributed by atoms with E-state index in [0.29, 0.717) is 11.9 Å². The van der Waals surface area contributed by atoms with Gasteiger partial charge in [0.15, 0.2) is 0 Å². The fourth-order valence-corrected chi connectivity index (χ4v) is 2.87. The van der Waals surface area contributed by atoms with Gasteiger partial charge in [0.05, 0.1) is 0 Å². The highest BCUT2D eigenvalue weighted by atomic mass is 16.4. The Morgan fingerprint density at radius 1 is 1.33 bits per heavy atom. The highest BCUT2D eigenvalue weighted by molar-refractivity contribution is 5.62. The van der Waals surface area contributed by atoms with E-state index >= 15 is 0 Å². The number of nitrogens with one attached hydrogen (secondary N) is 1. The zero-order valence-corrected chi connectivity index (χ0v) is 12.7. The van der Waals surface area contributed by atoms with Gasteiger partial charge >= 0.3 is 0 Å². The summed E-state index contributed by atoms with van der Waals surface area (Å²) in [6, 6.07) is 6.81. The van der Waals surface area contributed by atoms with Crippen molar-refractivity contribution >= 4 is 5.69 Å². The number of anilines is 1. The third kappa shape index (κ3) is 3.24. The maximum atomic E-state index is 5.24. The molecule has 1 fully saturated rings. The first-order valence-electron chi connectivity index (χ1n) is 7.62. The van der Waals surface area contributed by atoms with Crippen LogP contribution in [0.4, 0.5) is 5.69 Å². The number of nitrogens with zero attached hydrogens (tertiary/aromatic N) is 3. The molecular formula is C16H22N4O. The molecule has 1 aromatic carbocycles. The van der Waals surface area contributed by atoms with Crippen molar-refractivity contribution in [1.82, 2.24) is 15.1 Å². The minimum absolute atomic E-state index is 0.570. The predicted octanol–water partition coefficient (Wildman–Crippen LogP) is 2.94. The number of rotatable bonds is 4. The van der Waals surface area contributed by atoms with Crippen molar-refractivity contribution in [2.75, 3.05) is 25.0 Å². The van der Waals surface area contributed by atoms with Crippen molar-refractivity contribution in [2.24, 2.45) is 0 Å². The van der Waals surface area contributed by atoms with Gasteiger partial charge in [0.25, 0.3) is 0 Å². The zero-order valence-electron chi connectivity index (χ0n) is 12.7. The van der Waals surface area contributed by atoms with E-state index in [0.717, 1.165) is 12.1 Å². The Balaban J connectivity index is 1.67. The molecule has 0 unspecified atom stereocenters. The molecule has 0 spiro atoms. The molecule has 0 atom stereocenters. The van der Waals surface area contributed by atoms with Crippen LogP contribution < -0.4 is 5.32 Å². The molecule has 0 bridgehead atoms. The number of aryl methyl sites for hydroxylation is 1. The van der Waals surface area contributed by atoms with E-state index in [4.69, 9.17) is 4.42 Å². The first kappa shape index (κ1) is 14.1. The summed E-state index contributed by atoms with van der Waals surface area (Å²) in [5.74, 6) is 0.570. The highest BCUT2D eigenvalue weighted by Crippen LogP contribution is 2.25. The van der Waals surface area contributed by atoms with Crippen LogP contribution in [-0.4, -0.2) is 40.8 Å². The molecule has 2 aromatic rings. The summed E-state index contributed by atoms with van der Waals surface area (Å²) in [5, 5.41) is 11.3. The molecule has 1 aliphatic heterocycles. The van der Waals surface area contributed by atoms with Crippen molar-refractivity contribution in [2.45, 2.75) is 32.7 Å². The van der Waals surface area contributed by atoms with E-state index in [1.165, 1.54) is 43.6 Å². The van der Waals surface area contributed by atoms with Gasteiger partial charge in [0, 0.05) is 30.4 Å². The molecule has 1 aliphatic rings. The Bertz CT molecular complexity index is 574. The zero-order chi connectivity index (χ0) is 14.7. The van der Waals surface area contributed by atoms with E-state index in [2.05, 4.69) is 46.4 Å². The minimum atomic E-state index is 0.570. The highest BCUT2D eigenvalue weighted by Gasteiger charge is 2.18. The van der Waals surface area contributed by atoms with E-state index in [-0.39, 0.29) is 0 Å². The predicted molar refractivity (Wildman–Crippen MR) is 83.2 cm³/mol. The van der Waals surface area contributed by atoms with Gasteiger partial charge in [-0.2, -0.15) is 0 Å². The molecule has 1 N–H and O–H groups in total. The number of hydrogen-bond donors (Lipinski definition) is 1. The van der Waals surface area contributed by atoms with E-state index in [1.807, 2.05) is 6.07 Å². The molecule has 5 nitrogen and oxygen atoms in total. The number of piperidine rings is 1. The Kier molecular flexibility index (Phi) is 4.20. The first-order valence-corrected chi connectivity index (χ1v) is 7.62. The van der Waals surface area contributed by atoms with Crippen LogP contribution in [0.1, 0.15) is 25.3 Å². The van der Waals surface area contributed by atoms with Crippen molar-refractivity contribution in [3.05, 3.63) is 30.2 Å². The number of benzene rings is 1. The fourth-order valence-electron chi connectivity index (χ4n) is 2.87. The lowest BCUT2D eigenvalue weighted by atomic mass is 10.0. The lowest BCUT2D eigenvalue weighted by Gasteiger charge is -2.32. The van der Waals surface area contributed by atoms with Crippen LogP contribution in [0.25, 0.3) is 11.5 Å². The van der Waals surface area contributed by atoms with Crippen LogP contribution in [0.5, 0.6) is 0 Å². The molecule has 0 radical (unpaired) electrons. The number of aromatic nitrogens is 2. The lowest BCUT2D eigenvalue weighted by molar-refractivity contribution is 0.229. The number of hydrogen-bond acceptors (Lipinski definition) is 5. The second-order valence-electron chi connectivity index (χ2n) is 5.63. The van der Waals surface area contributed by atoms with Crippen LogP contribution in [0, 0.1) is 6.92 Å². The van der Waals surface area contributed by atoms with Crippen LogP contribution in [0.15, 0.2) is 29.0 Å². The summed E-state index contributed by atoms with van der Waals surface area (Å²) < 4.78 is 5.24. The van der Waals surface area contributed by atoms with Gasteiger partial charge in [-0.1, -0.05) is 6.92 Å². The summed E-state index contributed by atoms with van der Waals surface area (Å²) in [7, 11) is 0. The minimum Gasteiger partial charge on any atom is -0.423 e. The van der Waals surface area contributed by atoms with Gasteiger partial charge in [-0.25, -0.2) is 0 Å². The third-order valence-corrected chi connectivity index (χ3v) is 4.23. The Morgan fingerprint density at radius 2 is 2.14 bits per heavy atom. The molecule has 3 rings (SSSR count). The van der Waals surface area contributed by atoms with Gasteiger partial charge in [-0.05, 0) is 50.1 Å². The van der Waals surface area contributed by atoms with Crippen molar-refractivity contribution in [3.8, 4) is 11.5 Å². The lowest BCUT2D eigenvalue weighted by Crippen LogP contribution is -2.38. The van der Waals surface area contributed by atoms with Crippen LogP contribution in [-0.2, 0) is 0 Å². The molecule has 1 aromatic heterocycles. The maximum Gasteiger partial charge on any atom is 0.247 e. The standard InChI is InChI=1S/C16H22N4O/c1-3-20-8-6-14(7-9-20)18-15-5-4-13(10-12(15)2)16-19-17-11-21-16/h4-5,10-11,14,18H,3,6-9H2,1-2H3. The maximum absolute atomic E-state index is 5.24. The molecule has 0 saturated carbocycles. The molecular weight excluding hydrogens is 264 g/mol. The van der Waals surface area contributed by atoms with Crippen LogP contribution in [0.2, 0.25) is 0 Å². The smallest absolute Gasteiger partial charge is 0.247 e. The molecule has 0 aliphatic carbocycles. The Labute approximate surface area is 125 Å². The molecule has 0 amide bonds. The van der Waals surface area contributed by atoms with Gasteiger partial charge in [0.2, 0.25) is 12.3 Å². The Hall–Kier alpha value is -1.88. The number of likely N-dealkylation sites (tertiary alicyclic amines) is 1. The molecule has 112 valence electrons.